The summed E-state index contributed by atoms with van der Waals surface area (Å²) in [6, 6.07) is 10.3. The Morgan fingerprint density at radius 3 is 2.69 bits per heavy atom. The molecule has 2 aliphatic rings. The van der Waals surface area contributed by atoms with Gasteiger partial charge >= 0.3 is 0 Å². The van der Waals surface area contributed by atoms with Crippen LogP contribution in [0.1, 0.15) is 40.0 Å². The van der Waals surface area contributed by atoms with Gasteiger partial charge in [0.1, 0.15) is 11.9 Å². The van der Waals surface area contributed by atoms with E-state index in [4.69, 9.17) is 14.2 Å². The topological polar surface area (TPSA) is 106 Å². The van der Waals surface area contributed by atoms with Crippen LogP contribution >= 0.6 is 0 Å². The molecule has 0 aromatic heterocycles. The molecule has 32 heavy (non-hydrogen) atoms. The van der Waals surface area contributed by atoms with Crippen molar-refractivity contribution in [2.75, 3.05) is 19.9 Å². The summed E-state index contributed by atoms with van der Waals surface area (Å²) in [6.07, 6.45) is 0.992. The molecule has 2 aromatic rings. The molecule has 0 radical (unpaired) electrons. The van der Waals surface area contributed by atoms with Crippen molar-refractivity contribution in [2.45, 2.75) is 37.5 Å². The standard InChI is InChI=1S/C23H25FN2O6/c24-17-4-2-1-3-16(17)23(29)26-18-7-6-15(32-21(18)12-27)9-10-25-22(28)14-5-8-19-20(11-14)31-13-30-19/h1-5,8,11,15,18,21,27H,6-7,9-10,12-13H2,(H,25,28)(H,26,29)/t15-,18+,21-/m0/s1. The molecular weight excluding hydrogens is 419 g/mol. The van der Waals surface area contributed by atoms with Crippen molar-refractivity contribution in [1.82, 2.24) is 10.6 Å². The number of fused-ring (bicyclic) bond motifs is 1. The fraction of sp³-hybridized carbons (Fsp3) is 0.391. The van der Waals surface area contributed by atoms with Gasteiger partial charge in [0.25, 0.3) is 11.8 Å². The quantitative estimate of drug-likeness (QED) is 0.603. The molecule has 0 aliphatic carbocycles. The molecule has 2 heterocycles. The molecule has 1 fully saturated rings. The second-order valence-corrected chi connectivity index (χ2v) is 7.73. The van der Waals surface area contributed by atoms with E-state index in [-0.39, 0.29) is 31.0 Å². The van der Waals surface area contributed by atoms with Crippen LogP contribution in [-0.2, 0) is 4.74 Å². The molecule has 2 aliphatic heterocycles. The predicted molar refractivity (Wildman–Crippen MR) is 112 cm³/mol. The molecule has 3 atom stereocenters. The minimum atomic E-state index is -0.603. The van der Waals surface area contributed by atoms with Crippen LogP contribution in [0, 0.1) is 5.82 Å². The first kappa shape index (κ1) is 22.0. The van der Waals surface area contributed by atoms with Crippen molar-refractivity contribution in [3.05, 3.63) is 59.4 Å². The Morgan fingerprint density at radius 2 is 1.88 bits per heavy atom. The minimum Gasteiger partial charge on any atom is -0.454 e. The van der Waals surface area contributed by atoms with Gasteiger partial charge in [0.15, 0.2) is 11.5 Å². The van der Waals surface area contributed by atoms with Gasteiger partial charge in [-0.15, -0.1) is 0 Å². The zero-order chi connectivity index (χ0) is 22.5. The molecule has 2 amide bonds. The number of amides is 2. The van der Waals surface area contributed by atoms with Gasteiger partial charge < -0.3 is 30.0 Å². The Labute approximate surface area is 184 Å². The highest BCUT2D eigenvalue weighted by molar-refractivity contribution is 5.95. The highest BCUT2D eigenvalue weighted by Gasteiger charge is 2.32. The third kappa shape index (κ3) is 5.00. The average molecular weight is 444 g/mol. The molecule has 1 saturated heterocycles. The molecule has 170 valence electrons. The van der Waals surface area contributed by atoms with Crippen LogP contribution in [-0.4, -0.2) is 55.1 Å². The van der Waals surface area contributed by atoms with Crippen LogP contribution in [0.5, 0.6) is 11.5 Å². The fourth-order valence-electron chi connectivity index (χ4n) is 3.89. The summed E-state index contributed by atoms with van der Waals surface area (Å²) in [6.45, 7) is 0.262. The summed E-state index contributed by atoms with van der Waals surface area (Å²) in [5.74, 6) is -0.206. The van der Waals surface area contributed by atoms with Crippen molar-refractivity contribution in [3.63, 3.8) is 0 Å². The molecular formula is C23H25FN2O6. The van der Waals surface area contributed by atoms with E-state index in [0.29, 0.717) is 42.9 Å². The van der Waals surface area contributed by atoms with Gasteiger partial charge in [-0.1, -0.05) is 12.1 Å². The first-order chi connectivity index (χ1) is 15.5. The van der Waals surface area contributed by atoms with E-state index < -0.39 is 23.9 Å². The maximum atomic E-state index is 13.8. The number of halogens is 1. The van der Waals surface area contributed by atoms with E-state index in [0.717, 1.165) is 0 Å². The van der Waals surface area contributed by atoms with Crippen molar-refractivity contribution >= 4 is 11.8 Å². The average Bonchev–Trinajstić information content (AvgIpc) is 3.28. The third-order valence-corrected chi connectivity index (χ3v) is 5.62. The van der Waals surface area contributed by atoms with Crippen molar-refractivity contribution < 1.29 is 33.3 Å². The van der Waals surface area contributed by atoms with E-state index >= 15 is 0 Å². The molecule has 2 aromatic carbocycles. The number of nitrogens with one attached hydrogen (secondary N) is 2. The second kappa shape index (κ2) is 9.97. The summed E-state index contributed by atoms with van der Waals surface area (Å²) in [7, 11) is 0. The van der Waals surface area contributed by atoms with Crippen molar-refractivity contribution in [3.8, 4) is 11.5 Å². The number of rotatable bonds is 7. The number of carbonyl (C=O) groups is 2. The first-order valence-electron chi connectivity index (χ1n) is 10.5. The monoisotopic (exact) mass is 444 g/mol. The summed E-state index contributed by atoms with van der Waals surface area (Å²) in [5, 5.41) is 15.3. The van der Waals surface area contributed by atoms with Gasteiger partial charge in [-0.05, 0) is 49.6 Å². The zero-order valence-electron chi connectivity index (χ0n) is 17.4. The normalized spacial score (nSPS) is 21.8. The summed E-state index contributed by atoms with van der Waals surface area (Å²) in [4.78, 5) is 24.8. The molecule has 9 heteroatoms. The van der Waals surface area contributed by atoms with E-state index in [9.17, 15) is 19.1 Å². The number of aliphatic hydroxyl groups is 1. The number of hydrogen-bond acceptors (Lipinski definition) is 6. The summed E-state index contributed by atoms with van der Waals surface area (Å²) < 4.78 is 30.3. The Morgan fingerprint density at radius 1 is 1.06 bits per heavy atom. The van der Waals surface area contributed by atoms with E-state index in [2.05, 4.69) is 10.6 Å². The lowest BCUT2D eigenvalue weighted by Gasteiger charge is -2.36. The third-order valence-electron chi connectivity index (χ3n) is 5.62. The predicted octanol–water partition coefficient (Wildman–Crippen LogP) is 2.01. The molecule has 3 N–H and O–H groups in total. The molecule has 8 nitrogen and oxygen atoms in total. The van der Waals surface area contributed by atoms with Gasteiger partial charge in [0, 0.05) is 12.1 Å². The Hall–Kier alpha value is -3.17. The van der Waals surface area contributed by atoms with E-state index in [1.807, 2.05) is 0 Å². The van der Waals surface area contributed by atoms with Crippen molar-refractivity contribution in [1.29, 1.82) is 0 Å². The number of hydrogen-bond donors (Lipinski definition) is 3. The molecule has 0 spiro atoms. The van der Waals surface area contributed by atoms with Crippen LogP contribution in [0.25, 0.3) is 0 Å². The minimum absolute atomic E-state index is 0.0439. The highest BCUT2D eigenvalue weighted by Crippen LogP contribution is 2.32. The van der Waals surface area contributed by atoms with Gasteiger partial charge in [-0.2, -0.15) is 0 Å². The lowest BCUT2D eigenvalue weighted by Crippen LogP contribution is -2.51. The Bertz CT molecular complexity index is 985. The van der Waals surface area contributed by atoms with Gasteiger partial charge in [-0.3, -0.25) is 9.59 Å². The van der Waals surface area contributed by atoms with Gasteiger partial charge in [0.2, 0.25) is 6.79 Å². The molecule has 0 saturated carbocycles. The van der Waals surface area contributed by atoms with E-state index in [1.54, 1.807) is 24.3 Å². The van der Waals surface area contributed by atoms with Crippen LogP contribution in [0.15, 0.2) is 42.5 Å². The fourth-order valence-corrected chi connectivity index (χ4v) is 3.89. The molecule has 4 rings (SSSR count). The number of aliphatic hydroxyl groups excluding tert-OH is 1. The Kier molecular flexibility index (Phi) is 6.87. The molecule has 0 unspecified atom stereocenters. The van der Waals surface area contributed by atoms with Crippen molar-refractivity contribution in [2.24, 2.45) is 0 Å². The number of ether oxygens (including phenoxy) is 3. The Balaban J connectivity index is 1.25. The van der Waals surface area contributed by atoms with Crippen LogP contribution in [0.2, 0.25) is 0 Å². The lowest BCUT2D eigenvalue weighted by molar-refractivity contribution is -0.0893. The van der Waals surface area contributed by atoms with Crippen LogP contribution < -0.4 is 20.1 Å². The SMILES string of the molecule is O=C(NCC[C@@H]1CC[C@@H](NC(=O)c2ccccc2F)[C@H](CO)O1)c1ccc2c(c1)OCO2. The lowest BCUT2D eigenvalue weighted by atomic mass is 9.96. The maximum Gasteiger partial charge on any atom is 0.254 e. The van der Waals surface area contributed by atoms with Crippen LogP contribution in [0.3, 0.4) is 0 Å². The van der Waals surface area contributed by atoms with Gasteiger partial charge in [-0.25, -0.2) is 4.39 Å². The molecule has 0 bridgehead atoms. The maximum absolute atomic E-state index is 13.8. The van der Waals surface area contributed by atoms with Crippen LogP contribution in [0.4, 0.5) is 4.39 Å². The summed E-state index contributed by atoms with van der Waals surface area (Å²) >= 11 is 0. The highest BCUT2D eigenvalue weighted by atomic mass is 19.1. The number of carbonyl (C=O) groups excluding carboxylic acids is 2. The van der Waals surface area contributed by atoms with E-state index in [1.165, 1.54) is 18.2 Å². The second-order valence-electron chi connectivity index (χ2n) is 7.73. The summed E-state index contributed by atoms with van der Waals surface area (Å²) in [5.41, 5.74) is 0.431. The van der Waals surface area contributed by atoms with Gasteiger partial charge in [0.05, 0.1) is 24.3 Å². The number of benzene rings is 2. The first-order valence-corrected chi connectivity index (χ1v) is 10.5. The smallest absolute Gasteiger partial charge is 0.254 e. The largest absolute Gasteiger partial charge is 0.454 e. The zero-order valence-corrected chi connectivity index (χ0v) is 17.4.